The van der Waals surface area contributed by atoms with Crippen molar-refractivity contribution in [1.82, 2.24) is 0 Å². The van der Waals surface area contributed by atoms with Crippen LogP contribution < -0.4 is 0 Å². The van der Waals surface area contributed by atoms with Crippen molar-refractivity contribution in [2.75, 3.05) is 0 Å². The number of hydrogen-bond donors (Lipinski definition) is 1. The summed E-state index contributed by atoms with van der Waals surface area (Å²) < 4.78 is 0. The molecule has 80 valence electrons. The van der Waals surface area contributed by atoms with Crippen molar-refractivity contribution in [2.24, 2.45) is 11.8 Å². The summed E-state index contributed by atoms with van der Waals surface area (Å²) in [6.07, 6.45) is 5.90. The first kappa shape index (κ1) is 9.41. The molecule has 3 atom stereocenters. The molecule has 15 heavy (non-hydrogen) atoms. The van der Waals surface area contributed by atoms with Crippen LogP contribution >= 0.6 is 0 Å². The summed E-state index contributed by atoms with van der Waals surface area (Å²) in [6.45, 7) is 0. The average molecular weight is 202 g/mol. The maximum absolute atomic E-state index is 10.4. The molecular weight excluding hydrogens is 184 g/mol. The number of rotatable bonds is 2. The van der Waals surface area contributed by atoms with Crippen molar-refractivity contribution in [1.29, 1.82) is 0 Å². The Labute approximate surface area is 91.1 Å². The minimum Gasteiger partial charge on any atom is -0.389 e. The first-order valence-electron chi connectivity index (χ1n) is 6.05. The predicted molar refractivity (Wildman–Crippen MR) is 60.5 cm³/mol. The van der Waals surface area contributed by atoms with E-state index in [9.17, 15) is 5.11 Å². The maximum atomic E-state index is 10.4. The lowest BCUT2D eigenvalue weighted by atomic mass is 9.82. The van der Waals surface area contributed by atoms with E-state index in [0.29, 0.717) is 11.8 Å². The van der Waals surface area contributed by atoms with Gasteiger partial charge in [0.2, 0.25) is 0 Å². The second-order valence-corrected chi connectivity index (χ2v) is 5.21. The van der Waals surface area contributed by atoms with Gasteiger partial charge in [-0.3, -0.25) is 0 Å². The van der Waals surface area contributed by atoms with Crippen LogP contribution in [0, 0.1) is 11.8 Å². The van der Waals surface area contributed by atoms with Crippen molar-refractivity contribution in [2.45, 2.75) is 37.7 Å². The Morgan fingerprint density at radius 1 is 1.20 bits per heavy atom. The standard InChI is InChI=1S/C14H18O/c15-14-10-13(14)8-4-7-12(14)9-11-5-2-1-3-6-11/h1-3,5-6,12-13,15H,4,7-10H2. The molecule has 0 bridgehead atoms. The Bertz CT molecular complexity index is 346. The summed E-state index contributed by atoms with van der Waals surface area (Å²) >= 11 is 0. The summed E-state index contributed by atoms with van der Waals surface area (Å²) in [5.74, 6) is 1.14. The van der Waals surface area contributed by atoms with E-state index >= 15 is 0 Å². The molecule has 2 saturated carbocycles. The van der Waals surface area contributed by atoms with E-state index in [1.54, 1.807) is 0 Å². The molecule has 1 nitrogen and oxygen atoms in total. The zero-order valence-electron chi connectivity index (χ0n) is 9.02. The highest BCUT2D eigenvalue weighted by atomic mass is 16.3. The van der Waals surface area contributed by atoms with Crippen LogP contribution in [-0.4, -0.2) is 10.7 Å². The zero-order chi connectivity index (χ0) is 10.3. The summed E-state index contributed by atoms with van der Waals surface area (Å²) in [6, 6.07) is 10.6. The van der Waals surface area contributed by atoms with E-state index in [0.717, 1.165) is 12.8 Å². The fourth-order valence-corrected chi connectivity index (χ4v) is 3.23. The van der Waals surface area contributed by atoms with Gasteiger partial charge in [-0.25, -0.2) is 0 Å². The van der Waals surface area contributed by atoms with Gasteiger partial charge in [0, 0.05) is 0 Å². The van der Waals surface area contributed by atoms with E-state index in [2.05, 4.69) is 30.3 Å². The molecule has 1 heteroatoms. The van der Waals surface area contributed by atoms with Gasteiger partial charge in [0.05, 0.1) is 5.60 Å². The van der Waals surface area contributed by atoms with E-state index in [4.69, 9.17) is 0 Å². The third-order valence-electron chi connectivity index (χ3n) is 4.26. The predicted octanol–water partition coefficient (Wildman–Crippen LogP) is 2.78. The smallest absolute Gasteiger partial charge is 0.0711 e. The van der Waals surface area contributed by atoms with E-state index in [1.807, 2.05) is 0 Å². The first-order chi connectivity index (χ1) is 7.29. The molecule has 0 aliphatic heterocycles. The van der Waals surface area contributed by atoms with Crippen LogP contribution in [0.25, 0.3) is 0 Å². The fourth-order valence-electron chi connectivity index (χ4n) is 3.23. The van der Waals surface area contributed by atoms with Crippen LogP contribution in [0.3, 0.4) is 0 Å². The molecule has 1 aromatic rings. The van der Waals surface area contributed by atoms with Gasteiger partial charge < -0.3 is 5.11 Å². The van der Waals surface area contributed by atoms with Gasteiger partial charge in [-0.2, -0.15) is 0 Å². The van der Waals surface area contributed by atoms with Crippen LogP contribution in [0.15, 0.2) is 30.3 Å². The Kier molecular flexibility index (Phi) is 2.10. The van der Waals surface area contributed by atoms with Crippen LogP contribution in [0.1, 0.15) is 31.2 Å². The molecular formula is C14H18O. The lowest BCUT2D eigenvalue weighted by Crippen LogP contribution is -2.29. The molecule has 0 saturated heterocycles. The lowest BCUT2D eigenvalue weighted by molar-refractivity contribution is 0.0418. The molecule has 1 aromatic carbocycles. The Morgan fingerprint density at radius 2 is 2.00 bits per heavy atom. The Morgan fingerprint density at radius 3 is 2.80 bits per heavy atom. The third-order valence-corrected chi connectivity index (χ3v) is 4.26. The molecule has 0 aromatic heterocycles. The van der Waals surface area contributed by atoms with Crippen LogP contribution in [0.5, 0.6) is 0 Å². The highest BCUT2D eigenvalue weighted by Crippen LogP contribution is 2.57. The maximum Gasteiger partial charge on any atom is 0.0711 e. The topological polar surface area (TPSA) is 20.2 Å². The Balaban J connectivity index is 1.73. The van der Waals surface area contributed by atoms with Gasteiger partial charge in [-0.15, -0.1) is 0 Å². The third kappa shape index (κ3) is 1.59. The highest BCUT2D eigenvalue weighted by molar-refractivity contribution is 5.19. The van der Waals surface area contributed by atoms with E-state index in [-0.39, 0.29) is 5.60 Å². The molecule has 2 fully saturated rings. The number of benzene rings is 1. The van der Waals surface area contributed by atoms with Crippen LogP contribution in [0.4, 0.5) is 0 Å². The summed E-state index contributed by atoms with van der Waals surface area (Å²) in [4.78, 5) is 0. The average Bonchev–Trinajstić information content (AvgIpc) is 2.93. The summed E-state index contributed by atoms with van der Waals surface area (Å²) in [5.41, 5.74) is 1.09. The number of fused-ring (bicyclic) bond motifs is 1. The molecule has 2 aliphatic rings. The second-order valence-electron chi connectivity index (χ2n) is 5.21. The van der Waals surface area contributed by atoms with Crippen molar-refractivity contribution in [3.05, 3.63) is 35.9 Å². The first-order valence-corrected chi connectivity index (χ1v) is 6.05. The van der Waals surface area contributed by atoms with Crippen LogP contribution in [-0.2, 0) is 6.42 Å². The molecule has 0 heterocycles. The lowest BCUT2D eigenvalue weighted by Gasteiger charge is -2.28. The molecule has 3 unspecified atom stereocenters. The molecule has 2 aliphatic carbocycles. The molecule has 0 amide bonds. The Hall–Kier alpha value is -0.820. The van der Waals surface area contributed by atoms with Crippen molar-refractivity contribution >= 4 is 0 Å². The van der Waals surface area contributed by atoms with Crippen molar-refractivity contribution < 1.29 is 5.11 Å². The van der Waals surface area contributed by atoms with E-state index in [1.165, 1.54) is 24.8 Å². The normalized spacial score (nSPS) is 38.5. The zero-order valence-corrected chi connectivity index (χ0v) is 9.02. The van der Waals surface area contributed by atoms with Gasteiger partial charge >= 0.3 is 0 Å². The fraction of sp³-hybridized carbons (Fsp3) is 0.571. The molecule has 3 rings (SSSR count). The minimum absolute atomic E-state index is 0.284. The minimum atomic E-state index is -0.284. The SMILES string of the molecule is OC12CC1CCCC2Cc1ccccc1. The summed E-state index contributed by atoms with van der Waals surface area (Å²) in [7, 11) is 0. The van der Waals surface area contributed by atoms with Gasteiger partial charge in [-0.05, 0) is 43.1 Å². The monoisotopic (exact) mass is 202 g/mol. The quantitative estimate of drug-likeness (QED) is 0.782. The van der Waals surface area contributed by atoms with Crippen molar-refractivity contribution in [3.63, 3.8) is 0 Å². The number of aliphatic hydroxyl groups is 1. The number of hydrogen-bond acceptors (Lipinski definition) is 1. The van der Waals surface area contributed by atoms with Gasteiger partial charge in [0.15, 0.2) is 0 Å². The largest absolute Gasteiger partial charge is 0.389 e. The summed E-state index contributed by atoms with van der Waals surface area (Å²) in [5, 5.41) is 10.4. The molecule has 0 radical (unpaired) electrons. The molecule has 1 N–H and O–H groups in total. The van der Waals surface area contributed by atoms with Crippen LogP contribution in [0.2, 0.25) is 0 Å². The highest BCUT2D eigenvalue weighted by Gasteiger charge is 2.58. The van der Waals surface area contributed by atoms with Gasteiger partial charge in [0.1, 0.15) is 0 Å². The van der Waals surface area contributed by atoms with E-state index < -0.39 is 0 Å². The van der Waals surface area contributed by atoms with Crippen molar-refractivity contribution in [3.8, 4) is 0 Å². The van der Waals surface area contributed by atoms with Gasteiger partial charge in [-0.1, -0.05) is 36.8 Å². The second kappa shape index (κ2) is 3.34. The van der Waals surface area contributed by atoms with Gasteiger partial charge in [0.25, 0.3) is 0 Å². The molecule has 0 spiro atoms.